The number of thiophene rings is 1. The fraction of sp³-hybridized carbons (Fsp3) is 0.357. The Morgan fingerprint density at radius 2 is 1.81 bits per heavy atom. The van der Waals surface area contributed by atoms with E-state index in [0.717, 1.165) is 36.4 Å². The SMILES string of the molecule is Oc1ccc2c3c(sc2c1)C1=CCCCC1=C3c1ccc(OCCN2CCCCC2)cc1. The fourth-order valence-electron chi connectivity index (χ4n) is 5.46. The van der Waals surface area contributed by atoms with E-state index in [1.54, 1.807) is 0 Å². The van der Waals surface area contributed by atoms with Crippen LogP contribution in [0.5, 0.6) is 11.5 Å². The summed E-state index contributed by atoms with van der Waals surface area (Å²) in [5.41, 5.74) is 6.91. The molecule has 1 N–H and O–H groups in total. The molecule has 4 heteroatoms. The highest BCUT2D eigenvalue weighted by Gasteiger charge is 2.32. The van der Waals surface area contributed by atoms with Gasteiger partial charge in [0.2, 0.25) is 0 Å². The highest BCUT2D eigenvalue weighted by Crippen LogP contribution is 2.54. The molecule has 0 saturated carbocycles. The molecule has 0 amide bonds. The van der Waals surface area contributed by atoms with E-state index in [4.69, 9.17) is 4.74 Å². The molecule has 1 aliphatic heterocycles. The number of ether oxygens (including phenoxy) is 1. The van der Waals surface area contributed by atoms with E-state index >= 15 is 0 Å². The van der Waals surface area contributed by atoms with Gasteiger partial charge in [0.15, 0.2) is 0 Å². The molecule has 0 bridgehead atoms. The van der Waals surface area contributed by atoms with Crippen LogP contribution in [0.4, 0.5) is 0 Å². The van der Waals surface area contributed by atoms with Crippen LogP contribution in [0.1, 0.15) is 54.5 Å². The summed E-state index contributed by atoms with van der Waals surface area (Å²) in [7, 11) is 0. The first-order valence-electron chi connectivity index (χ1n) is 11.9. The maximum Gasteiger partial charge on any atom is 0.119 e. The number of hydrogen-bond donors (Lipinski definition) is 1. The lowest BCUT2D eigenvalue weighted by Gasteiger charge is -2.26. The van der Waals surface area contributed by atoms with Gasteiger partial charge in [0.1, 0.15) is 18.1 Å². The number of hydrogen-bond acceptors (Lipinski definition) is 4. The first-order chi connectivity index (χ1) is 15.8. The average Bonchev–Trinajstić information content (AvgIpc) is 3.34. The van der Waals surface area contributed by atoms with Gasteiger partial charge in [-0.1, -0.05) is 24.6 Å². The Bertz CT molecular complexity index is 1210. The molecule has 0 radical (unpaired) electrons. The highest BCUT2D eigenvalue weighted by molar-refractivity contribution is 7.20. The average molecular weight is 444 g/mol. The summed E-state index contributed by atoms with van der Waals surface area (Å²) in [5, 5.41) is 11.2. The van der Waals surface area contributed by atoms with Crippen LogP contribution >= 0.6 is 11.3 Å². The minimum atomic E-state index is 0.340. The molecule has 32 heavy (non-hydrogen) atoms. The first-order valence-corrected chi connectivity index (χ1v) is 12.7. The number of piperidine rings is 1. The lowest BCUT2D eigenvalue weighted by molar-refractivity contribution is 0.183. The van der Waals surface area contributed by atoms with Gasteiger partial charge in [-0.15, -0.1) is 11.3 Å². The third-order valence-corrected chi connectivity index (χ3v) is 8.23. The zero-order chi connectivity index (χ0) is 21.5. The number of fused-ring (bicyclic) bond motifs is 5. The molecule has 1 aromatic heterocycles. The molecule has 1 fully saturated rings. The van der Waals surface area contributed by atoms with E-state index in [1.807, 2.05) is 23.5 Å². The van der Waals surface area contributed by atoms with Crippen molar-refractivity contribution in [3.8, 4) is 11.5 Å². The normalized spacial score (nSPS) is 18.6. The fourth-order valence-corrected chi connectivity index (χ4v) is 6.77. The van der Waals surface area contributed by atoms with E-state index < -0.39 is 0 Å². The molecule has 3 aliphatic rings. The summed E-state index contributed by atoms with van der Waals surface area (Å²) >= 11 is 1.81. The second-order valence-corrected chi connectivity index (χ2v) is 10.2. The number of allylic oxidation sites excluding steroid dienone is 3. The molecule has 2 heterocycles. The molecular formula is C28H29NO2S. The Hall–Kier alpha value is -2.56. The van der Waals surface area contributed by atoms with Gasteiger partial charge in [-0.3, -0.25) is 4.90 Å². The van der Waals surface area contributed by atoms with E-state index in [-0.39, 0.29) is 0 Å². The van der Waals surface area contributed by atoms with Crippen LogP contribution in [-0.4, -0.2) is 36.2 Å². The maximum atomic E-state index is 9.98. The standard InChI is InChI=1S/C28H29NO2S/c30-20-10-13-24-25(18-20)32-28-23-7-3-2-6-22(23)26(27(24)28)19-8-11-21(12-9-19)31-17-16-29-14-4-1-5-15-29/h7-13,18,30H,1-6,14-17H2. The van der Waals surface area contributed by atoms with Crippen LogP contribution in [0.15, 0.2) is 54.1 Å². The van der Waals surface area contributed by atoms with Gasteiger partial charge in [-0.05, 0) is 97.8 Å². The molecule has 2 aromatic carbocycles. The predicted molar refractivity (Wildman–Crippen MR) is 134 cm³/mol. The Balaban J connectivity index is 1.29. The topological polar surface area (TPSA) is 32.7 Å². The van der Waals surface area contributed by atoms with Crippen LogP contribution in [0.25, 0.3) is 21.2 Å². The first kappa shape index (κ1) is 20.1. The van der Waals surface area contributed by atoms with Crippen molar-refractivity contribution in [2.45, 2.75) is 38.5 Å². The highest BCUT2D eigenvalue weighted by atomic mass is 32.1. The third kappa shape index (κ3) is 3.56. The lowest BCUT2D eigenvalue weighted by atomic mass is 9.91. The van der Waals surface area contributed by atoms with Gasteiger partial charge < -0.3 is 9.84 Å². The summed E-state index contributed by atoms with van der Waals surface area (Å²) in [6.45, 7) is 4.19. The smallest absolute Gasteiger partial charge is 0.119 e. The van der Waals surface area contributed by atoms with Gasteiger partial charge in [0.05, 0.1) is 0 Å². The van der Waals surface area contributed by atoms with E-state index in [2.05, 4.69) is 41.3 Å². The van der Waals surface area contributed by atoms with Crippen molar-refractivity contribution in [2.24, 2.45) is 0 Å². The quantitative estimate of drug-likeness (QED) is 0.468. The van der Waals surface area contributed by atoms with Gasteiger partial charge >= 0.3 is 0 Å². The molecule has 6 rings (SSSR count). The maximum absolute atomic E-state index is 9.98. The molecule has 3 nitrogen and oxygen atoms in total. The molecule has 0 unspecified atom stereocenters. The van der Waals surface area contributed by atoms with Gasteiger partial charge in [0, 0.05) is 27.1 Å². The molecule has 2 aliphatic carbocycles. The van der Waals surface area contributed by atoms with Crippen molar-refractivity contribution in [3.63, 3.8) is 0 Å². The third-order valence-electron chi connectivity index (χ3n) is 7.04. The lowest BCUT2D eigenvalue weighted by Crippen LogP contribution is -2.33. The van der Waals surface area contributed by atoms with E-state index in [9.17, 15) is 5.11 Å². The molecule has 164 valence electrons. The summed E-state index contributed by atoms with van der Waals surface area (Å²) in [5.74, 6) is 1.29. The van der Waals surface area contributed by atoms with Crippen molar-refractivity contribution in [1.29, 1.82) is 0 Å². The molecule has 0 atom stereocenters. The number of aromatic hydroxyl groups is 1. The second kappa shape index (κ2) is 8.42. The Labute approximate surface area is 193 Å². The van der Waals surface area contributed by atoms with Crippen LogP contribution in [0, 0.1) is 0 Å². The Morgan fingerprint density at radius 1 is 0.969 bits per heavy atom. The molecule has 0 spiro atoms. The molecule has 3 aromatic rings. The minimum Gasteiger partial charge on any atom is -0.508 e. The van der Waals surface area contributed by atoms with E-state index in [0.29, 0.717) is 5.75 Å². The second-order valence-electron chi connectivity index (χ2n) is 9.13. The largest absolute Gasteiger partial charge is 0.508 e. The summed E-state index contributed by atoms with van der Waals surface area (Å²) < 4.78 is 7.24. The minimum absolute atomic E-state index is 0.340. The van der Waals surface area contributed by atoms with Crippen LogP contribution in [0.3, 0.4) is 0 Å². The number of rotatable bonds is 5. The monoisotopic (exact) mass is 443 g/mol. The van der Waals surface area contributed by atoms with Crippen molar-refractivity contribution in [3.05, 3.63) is 70.1 Å². The Morgan fingerprint density at radius 3 is 2.66 bits per heavy atom. The zero-order valence-electron chi connectivity index (χ0n) is 18.4. The van der Waals surface area contributed by atoms with E-state index in [1.165, 1.54) is 76.9 Å². The van der Waals surface area contributed by atoms with Crippen molar-refractivity contribution >= 4 is 32.6 Å². The Kier molecular flexibility index (Phi) is 5.28. The van der Waals surface area contributed by atoms with Crippen LogP contribution in [-0.2, 0) is 0 Å². The molecular weight excluding hydrogens is 414 g/mol. The predicted octanol–water partition coefficient (Wildman–Crippen LogP) is 6.85. The van der Waals surface area contributed by atoms with Gasteiger partial charge in [-0.2, -0.15) is 0 Å². The number of likely N-dealkylation sites (tertiary alicyclic amines) is 1. The summed E-state index contributed by atoms with van der Waals surface area (Å²) in [4.78, 5) is 3.89. The van der Waals surface area contributed by atoms with Crippen LogP contribution in [0.2, 0.25) is 0 Å². The number of phenols is 1. The number of benzene rings is 2. The molecule has 1 saturated heterocycles. The number of nitrogens with zero attached hydrogens (tertiary/aromatic N) is 1. The van der Waals surface area contributed by atoms with Crippen LogP contribution < -0.4 is 4.74 Å². The van der Waals surface area contributed by atoms with Crippen molar-refractivity contribution < 1.29 is 9.84 Å². The van der Waals surface area contributed by atoms with Gasteiger partial charge in [0.25, 0.3) is 0 Å². The van der Waals surface area contributed by atoms with Gasteiger partial charge in [-0.25, -0.2) is 0 Å². The number of phenolic OH excluding ortho intramolecular Hbond substituents is 1. The van der Waals surface area contributed by atoms with Crippen molar-refractivity contribution in [1.82, 2.24) is 4.90 Å². The summed E-state index contributed by atoms with van der Waals surface area (Å²) in [6.07, 6.45) is 9.93. The summed E-state index contributed by atoms with van der Waals surface area (Å²) in [6, 6.07) is 14.5. The van der Waals surface area contributed by atoms with Crippen molar-refractivity contribution in [2.75, 3.05) is 26.2 Å². The zero-order valence-corrected chi connectivity index (χ0v) is 19.2.